The van der Waals surface area contributed by atoms with Gasteiger partial charge in [-0.15, -0.1) is 0 Å². The van der Waals surface area contributed by atoms with E-state index in [0.717, 1.165) is 0 Å². The highest BCUT2D eigenvalue weighted by molar-refractivity contribution is 7.42. The summed E-state index contributed by atoms with van der Waals surface area (Å²) in [4.78, 5) is 14.9. The zero-order chi connectivity index (χ0) is 7.82. The first kappa shape index (κ1) is 9.79. The molecule has 10 heavy (non-hydrogen) atoms. The molecule has 0 aromatic heterocycles. The lowest BCUT2D eigenvalue weighted by Crippen LogP contribution is -1.78. The molecule has 4 heteroatoms. The number of allylic oxidation sites excluding steroid dienone is 4. The van der Waals surface area contributed by atoms with Crippen LogP contribution in [0.2, 0.25) is 0 Å². The van der Waals surface area contributed by atoms with Crippen LogP contribution >= 0.6 is 8.53 Å². The van der Waals surface area contributed by atoms with E-state index in [4.69, 9.17) is 9.79 Å². The molecule has 0 saturated heterocycles. The molecule has 0 radical (unpaired) electrons. The van der Waals surface area contributed by atoms with Crippen LogP contribution in [0.1, 0.15) is 12.8 Å². The van der Waals surface area contributed by atoms with Gasteiger partial charge in [0, 0.05) is 0 Å². The normalized spacial score (nSPS) is 14.8. The Labute approximate surface area is 61.8 Å². The molecule has 1 aliphatic rings. The summed E-state index contributed by atoms with van der Waals surface area (Å²) < 4.78 is 0. The van der Waals surface area contributed by atoms with Crippen LogP contribution in [0.25, 0.3) is 0 Å². The van der Waals surface area contributed by atoms with Crippen LogP contribution in [-0.4, -0.2) is 9.79 Å². The van der Waals surface area contributed by atoms with Crippen LogP contribution in [0, 0.1) is 0 Å². The van der Waals surface area contributed by atoms with Crippen molar-refractivity contribution in [3.63, 3.8) is 0 Å². The molecule has 0 fully saturated rings. The van der Waals surface area contributed by atoms with E-state index in [0.29, 0.717) is 0 Å². The van der Waals surface area contributed by atoms with Gasteiger partial charge in [-0.1, -0.05) is 24.3 Å². The second-order valence-electron chi connectivity index (χ2n) is 1.75. The Bertz CT molecular complexity index is 108. The van der Waals surface area contributed by atoms with E-state index < -0.39 is 8.53 Å². The minimum atomic E-state index is -2.12. The lowest BCUT2D eigenvalue weighted by Gasteiger charge is -1.88. The fraction of sp³-hybridized carbons (Fsp3) is 0.333. The zero-order valence-electron chi connectivity index (χ0n) is 5.64. The molecule has 0 atom stereocenters. The van der Waals surface area contributed by atoms with Gasteiger partial charge in [-0.05, 0) is 12.8 Å². The Morgan fingerprint density at radius 2 is 1.40 bits per heavy atom. The lowest BCUT2D eigenvalue weighted by molar-refractivity contribution is 0.485. The van der Waals surface area contributed by atoms with Crippen molar-refractivity contribution in [3.8, 4) is 0 Å². The molecule has 1 rings (SSSR count). The Kier molecular flexibility index (Phi) is 6.76. The van der Waals surface area contributed by atoms with Crippen molar-refractivity contribution in [3.05, 3.63) is 24.3 Å². The highest BCUT2D eigenvalue weighted by Gasteiger charge is 1.77. The van der Waals surface area contributed by atoms with Gasteiger partial charge in [-0.3, -0.25) is 5.50 Å². The summed E-state index contributed by atoms with van der Waals surface area (Å²) in [6.45, 7) is 0. The van der Waals surface area contributed by atoms with Gasteiger partial charge in [0.25, 0.3) is 0 Å². The summed E-state index contributed by atoms with van der Waals surface area (Å²) in [5.74, 6) is 0. The summed E-state index contributed by atoms with van der Waals surface area (Å²) in [6.07, 6.45) is 11.0. The average molecular weight is 161 g/mol. The molecule has 0 aromatic rings. The first-order chi connectivity index (χ1) is 4.73. The Morgan fingerprint density at radius 3 is 1.50 bits per heavy atom. The van der Waals surface area contributed by atoms with Crippen LogP contribution in [-0.2, 0) is 0 Å². The topological polar surface area (TPSA) is 66.5 Å². The van der Waals surface area contributed by atoms with E-state index in [1.165, 1.54) is 12.8 Å². The zero-order valence-corrected chi connectivity index (χ0v) is 6.54. The summed E-state index contributed by atoms with van der Waals surface area (Å²) in [5, 5.41) is 0. The van der Waals surface area contributed by atoms with E-state index >= 15 is 0 Å². The molecule has 0 amide bonds. The van der Waals surface area contributed by atoms with E-state index in [1.807, 2.05) is 0 Å². The van der Waals surface area contributed by atoms with Gasteiger partial charge in [-0.25, -0.2) is 0 Å². The molecular formula is C6H12NO2P. The molecule has 0 aliphatic heterocycles. The van der Waals surface area contributed by atoms with E-state index in [-0.39, 0.29) is 0 Å². The van der Waals surface area contributed by atoms with Crippen LogP contribution < -0.4 is 5.50 Å². The average Bonchev–Trinajstić information content (AvgIpc) is 1.90. The summed E-state index contributed by atoms with van der Waals surface area (Å²) >= 11 is 0. The van der Waals surface area contributed by atoms with Gasteiger partial charge in [0.2, 0.25) is 8.53 Å². The molecule has 3 nitrogen and oxygen atoms in total. The fourth-order valence-electron chi connectivity index (χ4n) is 0.542. The highest BCUT2D eigenvalue weighted by Crippen LogP contribution is 2.05. The van der Waals surface area contributed by atoms with Crippen molar-refractivity contribution in [1.82, 2.24) is 0 Å². The molecule has 0 spiro atoms. The molecule has 0 heterocycles. The monoisotopic (exact) mass is 161 g/mol. The number of hydrogen-bond acceptors (Lipinski definition) is 3. The largest absolute Gasteiger partial charge is 0.338 e. The molecule has 0 bridgehead atoms. The molecule has 0 saturated carbocycles. The maximum absolute atomic E-state index is 7.45. The van der Waals surface area contributed by atoms with Gasteiger partial charge in [-0.2, -0.15) is 0 Å². The van der Waals surface area contributed by atoms with Gasteiger partial charge in [0.05, 0.1) is 0 Å². The minimum Gasteiger partial charge on any atom is -0.338 e. The highest BCUT2D eigenvalue weighted by atomic mass is 31.2. The van der Waals surface area contributed by atoms with Gasteiger partial charge < -0.3 is 9.79 Å². The van der Waals surface area contributed by atoms with Crippen LogP contribution in [0.15, 0.2) is 24.3 Å². The number of rotatable bonds is 0. The number of nitrogens with two attached hydrogens (primary N) is 1. The van der Waals surface area contributed by atoms with E-state index in [9.17, 15) is 0 Å². The predicted octanol–water partition coefficient (Wildman–Crippen LogP) is 1.05. The molecule has 0 unspecified atom stereocenters. The molecule has 0 aromatic carbocycles. The van der Waals surface area contributed by atoms with E-state index in [1.54, 1.807) is 0 Å². The van der Waals surface area contributed by atoms with Gasteiger partial charge in [0.1, 0.15) is 0 Å². The maximum Gasteiger partial charge on any atom is 0.247 e. The molecule has 58 valence electrons. The standard InChI is InChI=1S/C6H8.H4NO2P/c1-2-4-6-5-3-1;1-4(2)3/h1-4H,5-6H2;2-3H,1H2. The second kappa shape index (κ2) is 6.90. The van der Waals surface area contributed by atoms with Crippen molar-refractivity contribution in [2.24, 2.45) is 5.50 Å². The lowest BCUT2D eigenvalue weighted by atomic mass is 10.2. The van der Waals surface area contributed by atoms with Crippen molar-refractivity contribution < 1.29 is 9.79 Å². The quantitative estimate of drug-likeness (QED) is 0.465. The van der Waals surface area contributed by atoms with Crippen molar-refractivity contribution in [1.29, 1.82) is 0 Å². The first-order valence-corrected chi connectivity index (χ1v) is 4.29. The SMILES string of the molecule is C1=CCCC=C1.NP(O)O. The van der Waals surface area contributed by atoms with Crippen molar-refractivity contribution >= 4 is 8.53 Å². The number of hydrogen-bond donors (Lipinski definition) is 3. The summed E-state index contributed by atoms with van der Waals surface area (Å²) in [6, 6.07) is 0. The maximum atomic E-state index is 7.45. The van der Waals surface area contributed by atoms with Crippen LogP contribution in [0.4, 0.5) is 0 Å². The van der Waals surface area contributed by atoms with Gasteiger partial charge >= 0.3 is 0 Å². The fourth-order valence-corrected chi connectivity index (χ4v) is 0.542. The van der Waals surface area contributed by atoms with Gasteiger partial charge in [0.15, 0.2) is 0 Å². The molecule has 4 N–H and O–H groups in total. The third kappa shape index (κ3) is 10.7. The summed E-state index contributed by atoms with van der Waals surface area (Å²) in [7, 11) is -2.12. The van der Waals surface area contributed by atoms with Crippen LogP contribution in [0.3, 0.4) is 0 Å². The Hall–Kier alpha value is -0.210. The summed E-state index contributed by atoms with van der Waals surface area (Å²) in [5.41, 5.74) is 4.29. The third-order valence-corrected chi connectivity index (χ3v) is 0.883. The second-order valence-corrected chi connectivity index (χ2v) is 2.39. The Balaban J connectivity index is 0.000000180. The Morgan fingerprint density at radius 1 is 1.10 bits per heavy atom. The van der Waals surface area contributed by atoms with Crippen LogP contribution in [0.5, 0.6) is 0 Å². The first-order valence-electron chi connectivity index (χ1n) is 2.97. The van der Waals surface area contributed by atoms with Crippen molar-refractivity contribution in [2.45, 2.75) is 12.8 Å². The predicted molar refractivity (Wildman–Crippen MR) is 43.1 cm³/mol. The molecule has 1 aliphatic carbocycles. The van der Waals surface area contributed by atoms with Crippen molar-refractivity contribution in [2.75, 3.05) is 0 Å². The van der Waals surface area contributed by atoms with E-state index in [2.05, 4.69) is 29.8 Å². The smallest absolute Gasteiger partial charge is 0.247 e. The third-order valence-electron chi connectivity index (χ3n) is 0.883. The molecular weight excluding hydrogens is 149 g/mol. The minimum absolute atomic E-state index is 1.23.